The zero-order valence-corrected chi connectivity index (χ0v) is 18.6. The topological polar surface area (TPSA) is 113 Å². The van der Waals surface area contributed by atoms with Gasteiger partial charge in [0.25, 0.3) is 18.2 Å². The zero-order valence-electron chi connectivity index (χ0n) is 17.9. The fourth-order valence-corrected chi connectivity index (χ4v) is 4.68. The van der Waals surface area contributed by atoms with Crippen molar-refractivity contribution in [2.75, 3.05) is 6.61 Å². The molecule has 0 spiro atoms. The highest BCUT2D eigenvalue weighted by molar-refractivity contribution is 6.30. The maximum atomic E-state index is 13.5. The number of hydrogen-bond acceptors (Lipinski definition) is 6. The normalized spacial score (nSPS) is 25.8. The van der Waals surface area contributed by atoms with E-state index < -0.39 is 46.9 Å². The van der Waals surface area contributed by atoms with Crippen molar-refractivity contribution in [1.29, 1.82) is 0 Å². The second-order valence-corrected chi connectivity index (χ2v) is 9.06. The monoisotopic (exact) mass is 498 g/mol. The third-order valence-corrected chi connectivity index (χ3v) is 6.78. The van der Waals surface area contributed by atoms with Gasteiger partial charge < -0.3 is 20.5 Å². The molecule has 12 heteroatoms. The van der Waals surface area contributed by atoms with Crippen LogP contribution in [0.5, 0.6) is 5.75 Å². The lowest BCUT2D eigenvalue weighted by Gasteiger charge is -2.56. The lowest BCUT2D eigenvalue weighted by atomic mass is 9.60. The molecule has 3 aliphatic rings. The van der Waals surface area contributed by atoms with E-state index in [2.05, 4.69) is 20.6 Å². The molecule has 3 fully saturated rings. The molecule has 2 amide bonds. The van der Waals surface area contributed by atoms with E-state index in [0.29, 0.717) is 25.7 Å². The Morgan fingerprint density at radius 3 is 2.50 bits per heavy atom. The van der Waals surface area contributed by atoms with Crippen molar-refractivity contribution in [3.05, 3.63) is 52.8 Å². The van der Waals surface area contributed by atoms with Gasteiger partial charge in [0, 0.05) is 11.6 Å². The van der Waals surface area contributed by atoms with Crippen LogP contribution in [0.3, 0.4) is 0 Å². The molecule has 0 saturated heterocycles. The van der Waals surface area contributed by atoms with Gasteiger partial charge in [-0.3, -0.25) is 14.6 Å². The van der Waals surface area contributed by atoms with E-state index in [9.17, 15) is 27.9 Å². The Hall–Kier alpha value is -2.92. The van der Waals surface area contributed by atoms with E-state index in [-0.39, 0.29) is 29.5 Å². The highest BCUT2D eigenvalue weighted by Gasteiger charge is 2.55. The number of aliphatic hydroxyl groups excluding tert-OH is 1. The summed E-state index contributed by atoms with van der Waals surface area (Å²) in [4.78, 5) is 32.4. The van der Waals surface area contributed by atoms with Crippen molar-refractivity contribution in [2.24, 2.45) is 0 Å². The Labute approximate surface area is 197 Å². The molecule has 1 atom stereocenters. The summed E-state index contributed by atoms with van der Waals surface area (Å²) in [7, 11) is 0. The fourth-order valence-electron chi connectivity index (χ4n) is 4.57. The maximum absolute atomic E-state index is 13.5. The number of halogens is 4. The number of carbonyl (C=O) groups is 2. The Bertz CT molecular complexity index is 1080. The third kappa shape index (κ3) is 4.95. The molecular weight excluding hydrogens is 477 g/mol. The van der Waals surface area contributed by atoms with Gasteiger partial charge in [-0.1, -0.05) is 11.6 Å². The first-order chi connectivity index (χ1) is 16.1. The zero-order chi connectivity index (χ0) is 24.5. The van der Waals surface area contributed by atoms with Crippen molar-refractivity contribution in [3.8, 4) is 5.75 Å². The van der Waals surface area contributed by atoms with Crippen LogP contribution in [-0.4, -0.2) is 50.7 Å². The number of hydrogen-bond donors (Lipinski definition) is 3. The minimum absolute atomic E-state index is 0.0538. The smallest absolute Gasteiger partial charge is 0.281 e. The third-order valence-electron chi connectivity index (χ3n) is 6.48. The van der Waals surface area contributed by atoms with Crippen molar-refractivity contribution in [2.45, 2.75) is 55.7 Å². The molecule has 0 radical (unpaired) electrons. The van der Waals surface area contributed by atoms with Gasteiger partial charge in [-0.25, -0.2) is 18.2 Å². The summed E-state index contributed by atoms with van der Waals surface area (Å²) in [6.45, 7) is -0.339. The summed E-state index contributed by atoms with van der Waals surface area (Å²) < 4.78 is 44.1. The Kier molecular flexibility index (Phi) is 6.68. The SMILES string of the molecule is O=C(COc1ccc(Cl)c(F)c1)NC12CCC(NC(=O)c3cnc(C(F)F)cn3)(CC1)[C@H](O)C2. The number of amides is 2. The molecule has 1 aromatic heterocycles. The van der Waals surface area contributed by atoms with Crippen LogP contribution in [0.2, 0.25) is 5.02 Å². The molecular formula is C22H22ClF3N4O4. The molecule has 1 aromatic carbocycles. The predicted octanol–water partition coefficient (Wildman–Crippen LogP) is 2.95. The van der Waals surface area contributed by atoms with Crippen molar-refractivity contribution < 1.29 is 32.6 Å². The van der Waals surface area contributed by atoms with Crippen LogP contribution in [0.15, 0.2) is 30.6 Å². The predicted molar refractivity (Wildman–Crippen MR) is 114 cm³/mol. The van der Waals surface area contributed by atoms with Crippen LogP contribution >= 0.6 is 11.6 Å². The number of rotatable bonds is 7. The fraction of sp³-hybridized carbons (Fsp3) is 0.455. The van der Waals surface area contributed by atoms with Crippen LogP contribution < -0.4 is 15.4 Å². The molecule has 8 nitrogen and oxygen atoms in total. The number of ether oxygens (including phenoxy) is 1. The molecule has 3 N–H and O–H groups in total. The molecule has 2 aromatic rings. The summed E-state index contributed by atoms with van der Waals surface area (Å²) in [6.07, 6.45) is 0.0897. The number of carbonyl (C=O) groups excluding carboxylic acids is 2. The van der Waals surface area contributed by atoms with Crippen LogP contribution in [0.4, 0.5) is 13.2 Å². The molecule has 182 valence electrons. The van der Waals surface area contributed by atoms with Gasteiger partial charge in [0.15, 0.2) is 6.61 Å². The second kappa shape index (κ2) is 9.38. The molecule has 0 aliphatic heterocycles. The highest BCUT2D eigenvalue weighted by Crippen LogP contribution is 2.47. The molecule has 3 aliphatic carbocycles. The van der Waals surface area contributed by atoms with E-state index in [4.69, 9.17) is 16.3 Å². The van der Waals surface area contributed by atoms with Gasteiger partial charge in [0.05, 0.1) is 29.1 Å². The standard InChI is InChI=1S/C22H22ClF3N4O4/c23-13-2-1-12(7-14(13)24)34-11-18(32)29-21-3-5-22(6-4-21,17(31)8-21)30-20(33)16-10-27-15(9-28-16)19(25)26/h1-2,7,9-10,17,19,31H,3-6,8,11H2,(H,29,32)(H,30,33)/t17-,21?,22?/m1/s1. The minimum atomic E-state index is -2.79. The Balaban J connectivity index is 1.33. The van der Waals surface area contributed by atoms with Gasteiger partial charge in [-0.05, 0) is 44.2 Å². The number of nitrogens with one attached hydrogen (secondary N) is 2. The Morgan fingerprint density at radius 2 is 1.91 bits per heavy atom. The van der Waals surface area contributed by atoms with E-state index in [1.54, 1.807) is 0 Å². The Morgan fingerprint density at radius 1 is 1.18 bits per heavy atom. The summed E-state index contributed by atoms with van der Waals surface area (Å²) >= 11 is 5.63. The highest BCUT2D eigenvalue weighted by atomic mass is 35.5. The van der Waals surface area contributed by atoms with Crippen LogP contribution in [0.25, 0.3) is 0 Å². The maximum Gasteiger partial charge on any atom is 0.281 e. The average molecular weight is 499 g/mol. The lowest BCUT2D eigenvalue weighted by molar-refractivity contribution is -0.129. The molecule has 2 bridgehead atoms. The number of aliphatic hydroxyl groups is 1. The number of benzene rings is 1. The summed E-state index contributed by atoms with van der Waals surface area (Å²) in [5.74, 6) is -1.53. The number of alkyl halides is 2. The molecule has 1 heterocycles. The second-order valence-electron chi connectivity index (χ2n) is 8.65. The molecule has 34 heavy (non-hydrogen) atoms. The van der Waals surface area contributed by atoms with Gasteiger partial charge in [0.1, 0.15) is 23.0 Å². The quantitative estimate of drug-likeness (QED) is 0.541. The van der Waals surface area contributed by atoms with Crippen LogP contribution in [0.1, 0.15) is 54.7 Å². The minimum Gasteiger partial charge on any atom is -0.484 e. The first-order valence-corrected chi connectivity index (χ1v) is 11.0. The van der Waals surface area contributed by atoms with Crippen molar-refractivity contribution >= 4 is 23.4 Å². The van der Waals surface area contributed by atoms with E-state index >= 15 is 0 Å². The molecule has 0 unspecified atom stereocenters. The van der Waals surface area contributed by atoms with E-state index in [1.165, 1.54) is 12.1 Å². The van der Waals surface area contributed by atoms with Gasteiger partial charge >= 0.3 is 0 Å². The molecule has 3 saturated carbocycles. The molecule has 5 rings (SSSR count). The summed E-state index contributed by atoms with van der Waals surface area (Å²) in [5.41, 5.74) is -2.23. The first-order valence-electron chi connectivity index (χ1n) is 10.6. The van der Waals surface area contributed by atoms with Crippen LogP contribution in [-0.2, 0) is 4.79 Å². The van der Waals surface area contributed by atoms with Gasteiger partial charge in [-0.15, -0.1) is 0 Å². The largest absolute Gasteiger partial charge is 0.484 e. The number of fused-ring (bicyclic) bond motifs is 3. The van der Waals surface area contributed by atoms with Crippen LogP contribution in [0, 0.1) is 5.82 Å². The number of nitrogens with zero attached hydrogens (tertiary/aromatic N) is 2. The first kappa shape index (κ1) is 24.2. The van der Waals surface area contributed by atoms with Crippen molar-refractivity contribution in [1.82, 2.24) is 20.6 Å². The van der Waals surface area contributed by atoms with E-state index in [1.807, 2.05) is 0 Å². The lowest BCUT2D eigenvalue weighted by Crippen LogP contribution is -2.70. The number of aromatic nitrogens is 2. The summed E-state index contributed by atoms with van der Waals surface area (Å²) in [6, 6.07) is 3.86. The van der Waals surface area contributed by atoms with Gasteiger partial charge in [-0.2, -0.15) is 0 Å². The van der Waals surface area contributed by atoms with E-state index in [0.717, 1.165) is 18.5 Å². The van der Waals surface area contributed by atoms with Crippen molar-refractivity contribution in [3.63, 3.8) is 0 Å². The average Bonchev–Trinajstić information content (AvgIpc) is 2.81. The van der Waals surface area contributed by atoms with Gasteiger partial charge in [0.2, 0.25) is 0 Å². The summed E-state index contributed by atoms with van der Waals surface area (Å²) in [5, 5.41) is 16.5.